The van der Waals surface area contributed by atoms with Gasteiger partial charge in [-0.25, -0.2) is 0 Å². The Morgan fingerprint density at radius 2 is 2.00 bits per heavy atom. The Balaban J connectivity index is 2.07. The molecule has 2 heteroatoms. The molecule has 1 aliphatic rings. The highest BCUT2D eigenvalue weighted by atomic mass is 35.5. The van der Waals surface area contributed by atoms with E-state index in [-0.39, 0.29) is 0 Å². The number of allylic oxidation sites excluding steroid dienone is 1. The molecule has 18 heavy (non-hydrogen) atoms. The van der Waals surface area contributed by atoms with Gasteiger partial charge in [-0.15, -0.1) is 0 Å². The molecule has 0 spiro atoms. The lowest BCUT2D eigenvalue weighted by Crippen LogP contribution is -2.21. The van der Waals surface area contributed by atoms with Crippen molar-refractivity contribution in [1.82, 2.24) is 5.32 Å². The van der Waals surface area contributed by atoms with Gasteiger partial charge in [0.2, 0.25) is 0 Å². The zero-order valence-corrected chi connectivity index (χ0v) is 11.8. The second-order valence-electron chi connectivity index (χ2n) is 4.97. The first-order valence-electron chi connectivity index (χ1n) is 6.96. The fourth-order valence-electron chi connectivity index (χ4n) is 2.60. The zero-order valence-electron chi connectivity index (χ0n) is 11.1. The van der Waals surface area contributed by atoms with E-state index < -0.39 is 0 Å². The number of halogens is 1. The summed E-state index contributed by atoms with van der Waals surface area (Å²) in [6.45, 7) is 3.17. The van der Waals surface area contributed by atoms with Gasteiger partial charge in [-0.05, 0) is 56.3 Å². The van der Waals surface area contributed by atoms with Crippen molar-refractivity contribution in [1.29, 1.82) is 0 Å². The average molecular weight is 264 g/mol. The molecule has 0 aromatic heterocycles. The van der Waals surface area contributed by atoms with Crippen LogP contribution in [0.2, 0.25) is 5.02 Å². The Morgan fingerprint density at radius 3 is 2.61 bits per heavy atom. The molecule has 1 N–H and O–H groups in total. The summed E-state index contributed by atoms with van der Waals surface area (Å²) in [6.07, 6.45) is 8.81. The summed E-state index contributed by atoms with van der Waals surface area (Å²) in [5, 5.41) is 4.39. The molecule has 0 fully saturated rings. The number of hydrogen-bond donors (Lipinski definition) is 1. The van der Waals surface area contributed by atoms with Gasteiger partial charge in [0, 0.05) is 11.1 Å². The van der Waals surface area contributed by atoms with E-state index in [4.69, 9.17) is 11.6 Å². The maximum absolute atomic E-state index is 5.95. The van der Waals surface area contributed by atoms with E-state index in [2.05, 4.69) is 30.4 Å². The molecule has 2 rings (SSSR count). The monoisotopic (exact) mass is 263 g/mol. The van der Waals surface area contributed by atoms with Crippen molar-refractivity contribution in [2.45, 2.75) is 45.1 Å². The fourth-order valence-corrected chi connectivity index (χ4v) is 2.73. The first-order chi connectivity index (χ1) is 8.79. The second-order valence-corrected chi connectivity index (χ2v) is 5.41. The Labute approximate surface area is 115 Å². The number of nitrogens with one attached hydrogen (secondary N) is 1. The normalized spacial score (nSPS) is 17.3. The minimum absolute atomic E-state index is 0.427. The van der Waals surface area contributed by atoms with Crippen molar-refractivity contribution in [2.24, 2.45) is 0 Å². The predicted octanol–water partition coefficient (Wildman–Crippen LogP) is 4.88. The molecule has 0 radical (unpaired) electrons. The van der Waals surface area contributed by atoms with Gasteiger partial charge in [0.05, 0.1) is 0 Å². The molecule has 0 aliphatic heterocycles. The van der Waals surface area contributed by atoms with E-state index >= 15 is 0 Å². The number of hydrogen-bond acceptors (Lipinski definition) is 1. The van der Waals surface area contributed by atoms with E-state index in [0.29, 0.717) is 6.04 Å². The highest BCUT2D eigenvalue weighted by molar-refractivity contribution is 6.30. The van der Waals surface area contributed by atoms with Crippen molar-refractivity contribution < 1.29 is 0 Å². The molecule has 0 amide bonds. The molecule has 1 unspecified atom stereocenters. The summed E-state index contributed by atoms with van der Waals surface area (Å²) in [6, 6.07) is 8.67. The van der Waals surface area contributed by atoms with Crippen LogP contribution in [0, 0.1) is 0 Å². The summed E-state index contributed by atoms with van der Waals surface area (Å²) in [5.41, 5.74) is 2.95. The SMILES string of the molecule is CCNC(CC1=CCCCC1)c1ccc(Cl)cc1. The summed E-state index contributed by atoms with van der Waals surface area (Å²) in [7, 11) is 0. The first kappa shape index (κ1) is 13.6. The molecule has 0 heterocycles. The smallest absolute Gasteiger partial charge is 0.0406 e. The molecule has 0 bridgehead atoms. The Bertz CT molecular complexity index is 394. The van der Waals surface area contributed by atoms with Crippen LogP contribution in [0.15, 0.2) is 35.9 Å². The lowest BCUT2D eigenvalue weighted by Gasteiger charge is -2.22. The minimum Gasteiger partial charge on any atom is -0.310 e. The van der Waals surface area contributed by atoms with Crippen LogP contribution in [0.4, 0.5) is 0 Å². The van der Waals surface area contributed by atoms with Crippen LogP contribution in [0.3, 0.4) is 0 Å². The summed E-state index contributed by atoms with van der Waals surface area (Å²) >= 11 is 5.95. The first-order valence-corrected chi connectivity index (χ1v) is 7.34. The maximum Gasteiger partial charge on any atom is 0.0406 e. The summed E-state index contributed by atoms with van der Waals surface area (Å²) in [5.74, 6) is 0. The van der Waals surface area contributed by atoms with Gasteiger partial charge >= 0.3 is 0 Å². The van der Waals surface area contributed by atoms with E-state index in [0.717, 1.165) is 18.0 Å². The highest BCUT2D eigenvalue weighted by Crippen LogP contribution is 2.28. The van der Waals surface area contributed by atoms with Crippen molar-refractivity contribution in [3.63, 3.8) is 0 Å². The predicted molar refractivity (Wildman–Crippen MR) is 79.0 cm³/mol. The van der Waals surface area contributed by atoms with Crippen LogP contribution < -0.4 is 5.32 Å². The summed E-state index contributed by atoms with van der Waals surface area (Å²) in [4.78, 5) is 0. The molecule has 0 saturated heterocycles. The molecule has 1 aromatic rings. The van der Waals surface area contributed by atoms with Crippen molar-refractivity contribution in [2.75, 3.05) is 6.54 Å². The lowest BCUT2D eigenvalue weighted by atomic mass is 9.91. The fraction of sp³-hybridized carbons (Fsp3) is 0.500. The standard InChI is InChI=1S/C16H22ClN/c1-2-18-16(12-13-6-4-3-5-7-13)14-8-10-15(17)11-9-14/h6,8-11,16,18H,2-5,7,12H2,1H3. The van der Waals surface area contributed by atoms with Gasteiger partial charge in [0.15, 0.2) is 0 Å². The van der Waals surface area contributed by atoms with Crippen molar-refractivity contribution in [3.05, 3.63) is 46.5 Å². The van der Waals surface area contributed by atoms with Crippen molar-refractivity contribution >= 4 is 11.6 Å². The van der Waals surface area contributed by atoms with Gasteiger partial charge in [0.25, 0.3) is 0 Å². The third kappa shape index (κ3) is 3.86. The zero-order chi connectivity index (χ0) is 12.8. The van der Waals surface area contributed by atoms with Gasteiger partial charge in [-0.2, -0.15) is 0 Å². The van der Waals surface area contributed by atoms with Crippen LogP contribution in [-0.4, -0.2) is 6.54 Å². The van der Waals surface area contributed by atoms with E-state index in [1.54, 1.807) is 5.57 Å². The summed E-state index contributed by atoms with van der Waals surface area (Å²) < 4.78 is 0. The third-order valence-corrected chi connectivity index (χ3v) is 3.83. The Kier molecular flexibility index (Phi) is 5.27. The van der Waals surface area contributed by atoms with Gasteiger partial charge in [-0.3, -0.25) is 0 Å². The van der Waals surface area contributed by atoms with Crippen molar-refractivity contribution in [3.8, 4) is 0 Å². The van der Waals surface area contributed by atoms with Crippen LogP contribution in [0.1, 0.15) is 50.6 Å². The maximum atomic E-state index is 5.95. The molecule has 0 saturated carbocycles. The van der Waals surface area contributed by atoms with Crippen LogP contribution in [0.25, 0.3) is 0 Å². The van der Waals surface area contributed by atoms with E-state index in [9.17, 15) is 0 Å². The average Bonchev–Trinajstić information content (AvgIpc) is 2.40. The molecular weight excluding hydrogens is 242 g/mol. The quantitative estimate of drug-likeness (QED) is 0.747. The second kappa shape index (κ2) is 6.96. The van der Waals surface area contributed by atoms with E-state index in [1.165, 1.54) is 31.2 Å². The lowest BCUT2D eigenvalue weighted by molar-refractivity contribution is 0.527. The molecule has 1 nitrogen and oxygen atoms in total. The highest BCUT2D eigenvalue weighted by Gasteiger charge is 2.13. The van der Waals surface area contributed by atoms with Gasteiger partial charge < -0.3 is 5.32 Å². The van der Waals surface area contributed by atoms with Gasteiger partial charge in [0.1, 0.15) is 0 Å². The molecule has 1 aromatic carbocycles. The Hall–Kier alpha value is -0.790. The van der Waals surface area contributed by atoms with E-state index in [1.807, 2.05) is 12.1 Å². The van der Waals surface area contributed by atoms with Gasteiger partial charge in [-0.1, -0.05) is 42.3 Å². The Morgan fingerprint density at radius 1 is 1.22 bits per heavy atom. The molecule has 1 aliphatic carbocycles. The minimum atomic E-state index is 0.427. The third-order valence-electron chi connectivity index (χ3n) is 3.57. The molecular formula is C16H22ClN. The van der Waals surface area contributed by atoms with Crippen LogP contribution in [0.5, 0.6) is 0 Å². The topological polar surface area (TPSA) is 12.0 Å². The molecule has 98 valence electrons. The largest absolute Gasteiger partial charge is 0.310 e. The number of benzene rings is 1. The van der Waals surface area contributed by atoms with Crippen LogP contribution in [-0.2, 0) is 0 Å². The molecule has 1 atom stereocenters. The number of rotatable bonds is 5. The van der Waals surface area contributed by atoms with Crippen LogP contribution >= 0.6 is 11.6 Å².